The van der Waals surface area contributed by atoms with Crippen LogP contribution in [0.2, 0.25) is 0 Å². The Morgan fingerprint density at radius 2 is 2.17 bits per heavy atom. The molecule has 3 rings (SSSR count). The van der Waals surface area contributed by atoms with Crippen molar-refractivity contribution in [3.05, 3.63) is 16.0 Å². The van der Waals surface area contributed by atoms with E-state index in [0.29, 0.717) is 13.0 Å². The van der Waals surface area contributed by atoms with E-state index in [1.54, 1.807) is 16.2 Å². The second kappa shape index (κ2) is 4.38. The highest BCUT2D eigenvalue weighted by atomic mass is 32.1. The highest BCUT2D eigenvalue weighted by Gasteiger charge is 2.33. The molecule has 0 saturated carbocycles. The summed E-state index contributed by atoms with van der Waals surface area (Å²) in [6.07, 6.45) is 4.75. The molecule has 1 aliphatic heterocycles. The molecule has 0 spiro atoms. The number of carbonyl (C=O) groups excluding carboxylic acids is 1. The summed E-state index contributed by atoms with van der Waals surface area (Å²) in [6, 6.07) is 2.20. The molecule has 4 nitrogen and oxygen atoms in total. The average molecular weight is 261 g/mol. The van der Waals surface area contributed by atoms with Crippen LogP contribution in [0.3, 0.4) is 0 Å². The van der Waals surface area contributed by atoms with E-state index in [0.717, 1.165) is 29.8 Å². The third-order valence-corrected chi connectivity index (χ3v) is 4.98. The third-order valence-electron chi connectivity index (χ3n) is 3.66. The van der Waals surface area contributed by atoms with E-state index in [9.17, 15) is 10.1 Å². The van der Waals surface area contributed by atoms with Crippen LogP contribution in [0.5, 0.6) is 0 Å². The van der Waals surface area contributed by atoms with Crippen LogP contribution in [-0.2, 0) is 17.6 Å². The van der Waals surface area contributed by atoms with Gasteiger partial charge in [0.15, 0.2) is 0 Å². The summed E-state index contributed by atoms with van der Waals surface area (Å²) in [5.74, 6) is 0.0533. The molecular formula is C13H15N3OS. The number of fused-ring (bicyclic) bond motifs is 1. The van der Waals surface area contributed by atoms with Crippen LogP contribution < -0.4 is 10.6 Å². The van der Waals surface area contributed by atoms with Gasteiger partial charge in [-0.25, -0.2) is 0 Å². The average Bonchev–Trinajstić information content (AvgIpc) is 2.88. The van der Waals surface area contributed by atoms with Gasteiger partial charge in [-0.1, -0.05) is 0 Å². The number of hydrogen-bond donors (Lipinski definition) is 1. The van der Waals surface area contributed by atoms with E-state index in [2.05, 4.69) is 6.07 Å². The lowest BCUT2D eigenvalue weighted by Gasteiger charge is -2.14. The first-order valence-electron chi connectivity index (χ1n) is 6.31. The number of thiophene rings is 1. The lowest BCUT2D eigenvalue weighted by Crippen LogP contribution is -2.27. The van der Waals surface area contributed by atoms with Crippen LogP contribution in [-0.4, -0.2) is 18.5 Å². The maximum atomic E-state index is 11.9. The van der Waals surface area contributed by atoms with Crippen molar-refractivity contribution in [2.45, 2.75) is 38.1 Å². The minimum atomic E-state index is -0.0943. The summed E-state index contributed by atoms with van der Waals surface area (Å²) < 4.78 is 0. The fourth-order valence-electron chi connectivity index (χ4n) is 2.79. The number of nitrogens with zero attached hydrogens (tertiary/aromatic N) is 2. The molecule has 2 N–H and O–H groups in total. The zero-order valence-corrected chi connectivity index (χ0v) is 10.9. The van der Waals surface area contributed by atoms with E-state index >= 15 is 0 Å². The van der Waals surface area contributed by atoms with Gasteiger partial charge in [-0.3, -0.25) is 4.79 Å². The highest BCUT2D eigenvalue weighted by molar-refractivity contribution is 7.16. The van der Waals surface area contributed by atoms with Crippen LogP contribution in [0.25, 0.3) is 0 Å². The predicted octanol–water partition coefficient (Wildman–Crippen LogP) is 1.56. The Kier molecular flexibility index (Phi) is 2.84. The number of hydrogen-bond acceptors (Lipinski definition) is 4. The van der Waals surface area contributed by atoms with Crippen molar-refractivity contribution in [3.63, 3.8) is 0 Å². The summed E-state index contributed by atoms with van der Waals surface area (Å²) in [5.41, 5.74) is 7.72. The Labute approximate surface area is 110 Å². The number of rotatable bonds is 1. The van der Waals surface area contributed by atoms with E-state index in [1.165, 1.54) is 16.9 Å². The monoisotopic (exact) mass is 261 g/mol. The molecule has 0 radical (unpaired) electrons. The van der Waals surface area contributed by atoms with Crippen molar-refractivity contribution in [3.8, 4) is 6.07 Å². The minimum absolute atomic E-state index is 0.0533. The lowest BCUT2D eigenvalue weighted by atomic mass is 9.96. The smallest absolute Gasteiger partial charge is 0.229 e. The van der Waals surface area contributed by atoms with Crippen molar-refractivity contribution >= 4 is 22.2 Å². The third kappa shape index (κ3) is 1.73. The van der Waals surface area contributed by atoms with Gasteiger partial charge in [0, 0.05) is 23.9 Å². The van der Waals surface area contributed by atoms with Crippen LogP contribution in [0.4, 0.5) is 5.00 Å². The molecule has 0 bridgehead atoms. The standard InChI is InChI=1S/C13H15N3OS/c14-6-10-9-3-1-2-4-11(9)18-13(10)16-7-8(15)5-12(16)17/h8H,1-5,7,15H2. The fourth-order valence-corrected chi connectivity index (χ4v) is 4.15. The van der Waals surface area contributed by atoms with Gasteiger partial charge in [0.2, 0.25) is 5.91 Å². The SMILES string of the molecule is N#Cc1c(N2CC(N)CC2=O)sc2c1CCCC2. The largest absolute Gasteiger partial charge is 0.326 e. The Morgan fingerprint density at radius 1 is 1.39 bits per heavy atom. The topological polar surface area (TPSA) is 70.1 Å². The van der Waals surface area contributed by atoms with Crippen LogP contribution in [0, 0.1) is 11.3 Å². The molecule has 1 aromatic rings. The summed E-state index contributed by atoms with van der Waals surface area (Å²) in [7, 11) is 0. The van der Waals surface area contributed by atoms with Gasteiger partial charge in [-0.05, 0) is 31.2 Å². The molecule has 18 heavy (non-hydrogen) atoms. The lowest BCUT2D eigenvalue weighted by molar-refractivity contribution is -0.117. The highest BCUT2D eigenvalue weighted by Crippen LogP contribution is 2.40. The molecule has 94 valence electrons. The van der Waals surface area contributed by atoms with Crippen molar-refractivity contribution in [1.82, 2.24) is 0 Å². The maximum Gasteiger partial charge on any atom is 0.229 e. The molecule has 0 aromatic carbocycles. The molecule has 5 heteroatoms. The first kappa shape index (κ1) is 11.7. The normalized spacial score (nSPS) is 23.0. The summed E-state index contributed by atoms with van der Waals surface area (Å²) >= 11 is 1.62. The quantitative estimate of drug-likeness (QED) is 0.834. The molecule has 2 heterocycles. The van der Waals surface area contributed by atoms with Crippen LogP contribution in [0.1, 0.15) is 35.3 Å². The van der Waals surface area contributed by atoms with Crippen molar-refractivity contribution < 1.29 is 4.79 Å². The molecular weight excluding hydrogens is 246 g/mol. The number of anilines is 1. The number of carbonyl (C=O) groups is 1. The van der Waals surface area contributed by atoms with Gasteiger partial charge in [0.1, 0.15) is 11.1 Å². The van der Waals surface area contributed by atoms with Gasteiger partial charge in [-0.15, -0.1) is 11.3 Å². The molecule has 2 aliphatic rings. The van der Waals surface area contributed by atoms with Crippen LogP contribution in [0.15, 0.2) is 0 Å². The second-order valence-electron chi connectivity index (χ2n) is 4.97. The summed E-state index contributed by atoms with van der Waals surface area (Å²) in [4.78, 5) is 14.9. The number of nitrogens with two attached hydrogens (primary N) is 1. The van der Waals surface area contributed by atoms with Gasteiger partial charge >= 0.3 is 0 Å². The van der Waals surface area contributed by atoms with Crippen molar-refractivity contribution in [1.29, 1.82) is 5.26 Å². The number of aryl methyl sites for hydroxylation is 1. The zero-order chi connectivity index (χ0) is 12.7. The summed E-state index contributed by atoms with van der Waals surface area (Å²) in [5, 5.41) is 10.2. The molecule has 1 unspecified atom stereocenters. The van der Waals surface area contributed by atoms with E-state index in [4.69, 9.17) is 5.73 Å². The minimum Gasteiger partial charge on any atom is -0.326 e. The summed E-state index contributed by atoms with van der Waals surface area (Å²) in [6.45, 7) is 0.549. The first-order valence-corrected chi connectivity index (χ1v) is 7.13. The molecule has 1 saturated heterocycles. The van der Waals surface area contributed by atoms with Gasteiger partial charge in [0.25, 0.3) is 0 Å². The zero-order valence-electron chi connectivity index (χ0n) is 10.1. The van der Waals surface area contributed by atoms with Gasteiger partial charge < -0.3 is 10.6 Å². The fraction of sp³-hybridized carbons (Fsp3) is 0.538. The predicted molar refractivity (Wildman–Crippen MR) is 70.6 cm³/mol. The van der Waals surface area contributed by atoms with E-state index in [1.807, 2.05) is 0 Å². The first-order chi connectivity index (χ1) is 8.70. The molecule has 1 aromatic heterocycles. The van der Waals surface area contributed by atoms with E-state index < -0.39 is 0 Å². The second-order valence-corrected chi connectivity index (χ2v) is 6.06. The Morgan fingerprint density at radius 3 is 2.83 bits per heavy atom. The van der Waals surface area contributed by atoms with Crippen molar-refractivity contribution in [2.24, 2.45) is 5.73 Å². The molecule has 1 amide bonds. The van der Waals surface area contributed by atoms with E-state index in [-0.39, 0.29) is 11.9 Å². The number of amides is 1. The molecule has 1 aliphatic carbocycles. The van der Waals surface area contributed by atoms with Crippen LogP contribution >= 0.6 is 11.3 Å². The Bertz CT molecular complexity index is 543. The Balaban J connectivity index is 2.05. The Hall–Kier alpha value is -1.38. The molecule has 1 atom stereocenters. The number of nitriles is 1. The van der Waals surface area contributed by atoms with Gasteiger partial charge in [-0.2, -0.15) is 5.26 Å². The maximum absolute atomic E-state index is 11.9. The van der Waals surface area contributed by atoms with Crippen molar-refractivity contribution in [2.75, 3.05) is 11.4 Å². The molecule has 1 fully saturated rings. The van der Waals surface area contributed by atoms with Gasteiger partial charge in [0.05, 0.1) is 5.56 Å².